The number of rotatable bonds is 8. The Labute approximate surface area is 157 Å². The molecule has 0 radical (unpaired) electrons. The Kier molecular flexibility index (Phi) is 9.76. The van der Waals surface area contributed by atoms with Crippen LogP contribution in [0.1, 0.15) is 61.9 Å². The number of halogens is 1. The molecule has 2 N–H and O–H groups in total. The van der Waals surface area contributed by atoms with Crippen LogP contribution >= 0.6 is 12.4 Å². The maximum atomic E-state index is 12.2. The third-order valence-corrected chi connectivity index (χ3v) is 4.81. The van der Waals surface area contributed by atoms with Crippen LogP contribution in [-0.4, -0.2) is 30.8 Å². The molecule has 1 fully saturated rings. The quantitative estimate of drug-likeness (QED) is 0.692. The first-order chi connectivity index (χ1) is 11.6. The highest BCUT2D eigenvalue weighted by Gasteiger charge is 2.22. The zero-order valence-corrected chi connectivity index (χ0v) is 16.2. The lowest BCUT2D eigenvalue weighted by atomic mass is 9.95. The van der Waals surface area contributed by atoms with Crippen molar-refractivity contribution in [2.75, 3.05) is 13.1 Å². The summed E-state index contributed by atoms with van der Waals surface area (Å²) in [7, 11) is 0. The van der Waals surface area contributed by atoms with Crippen LogP contribution in [0.4, 0.5) is 0 Å². The van der Waals surface area contributed by atoms with Crippen molar-refractivity contribution < 1.29 is 9.59 Å². The Morgan fingerprint density at radius 1 is 1.20 bits per heavy atom. The van der Waals surface area contributed by atoms with Crippen molar-refractivity contribution in [3.63, 3.8) is 0 Å². The number of amides is 1. The number of Topliss-reactive ketones (excluding diaryl/α,β-unsaturated/α-hetero) is 1. The van der Waals surface area contributed by atoms with E-state index in [0.29, 0.717) is 11.5 Å². The highest BCUT2D eigenvalue weighted by molar-refractivity contribution is 5.98. The van der Waals surface area contributed by atoms with Gasteiger partial charge in [0.15, 0.2) is 5.78 Å². The molecule has 1 aliphatic rings. The topological polar surface area (TPSA) is 58.2 Å². The maximum Gasteiger partial charge on any atom is 0.220 e. The molecule has 2 atom stereocenters. The molecule has 25 heavy (non-hydrogen) atoms. The lowest BCUT2D eigenvalue weighted by Gasteiger charge is -2.30. The van der Waals surface area contributed by atoms with Gasteiger partial charge in [0.2, 0.25) is 5.91 Å². The van der Waals surface area contributed by atoms with E-state index >= 15 is 0 Å². The van der Waals surface area contributed by atoms with E-state index in [9.17, 15) is 9.59 Å². The van der Waals surface area contributed by atoms with Gasteiger partial charge in [-0.2, -0.15) is 0 Å². The SMILES string of the molecule is CCCCc1ccc(C(=O)CCC(=O)NC2CCNCC2C)cc1.Cl. The summed E-state index contributed by atoms with van der Waals surface area (Å²) in [5.74, 6) is 0.473. The molecule has 2 unspecified atom stereocenters. The van der Waals surface area contributed by atoms with E-state index in [1.54, 1.807) is 0 Å². The van der Waals surface area contributed by atoms with Crippen molar-refractivity contribution in [2.24, 2.45) is 5.92 Å². The second-order valence-corrected chi connectivity index (χ2v) is 6.87. The Morgan fingerprint density at radius 3 is 2.56 bits per heavy atom. The first-order valence-corrected chi connectivity index (χ1v) is 9.22. The van der Waals surface area contributed by atoms with Gasteiger partial charge >= 0.3 is 0 Å². The first kappa shape index (κ1) is 21.7. The number of ketones is 1. The van der Waals surface area contributed by atoms with Gasteiger partial charge in [0.1, 0.15) is 0 Å². The van der Waals surface area contributed by atoms with Crippen molar-refractivity contribution in [3.05, 3.63) is 35.4 Å². The van der Waals surface area contributed by atoms with Crippen molar-refractivity contribution >= 4 is 24.1 Å². The first-order valence-electron chi connectivity index (χ1n) is 9.22. The normalized spacial score (nSPS) is 19.8. The van der Waals surface area contributed by atoms with E-state index in [1.807, 2.05) is 24.3 Å². The van der Waals surface area contributed by atoms with Crippen LogP contribution in [0.3, 0.4) is 0 Å². The fourth-order valence-electron chi connectivity index (χ4n) is 3.12. The third-order valence-electron chi connectivity index (χ3n) is 4.81. The smallest absolute Gasteiger partial charge is 0.220 e. The van der Waals surface area contributed by atoms with Crippen LogP contribution in [0.25, 0.3) is 0 Å². The zero-order chi connectivity index (χ0) is 17.4. The number of hydrogen-bond donors (Lipinski definition) is 2. The highest BCUT2D eigenvalue weighted by Crippen LogP contribution is 2.12. The third kappa shape index (κ3) is 7.17. The van der Waals surface area contributed by atoms with E-state index < -0.39 is 0 Å². The van der Waals surface area contributed by atoms with Crippen molar-refractivity contribution in [3.8, 4) is 0 Å². The zero-order valence-electron chi connectivity index (χ0n) is 15.3. The van der Waals surface area contributed by atoms with Crippen molar-refractivity contribution in [1.29, 1.82) is 0 Å². The fraction of sp³-hybridized carbons (Fsp3) is 0.600. The number of nitrogens with one attached hydrogen (secondary N) is 2. The summed E-state index contributed by atoms with van der Waals surface area (Å²) in [5.41, 5.74) is 1.98. The van der Waals surface area contributed by atoms with E-state index in [0.717, 1.165) is 25.9 Å². The van der Waals surface area contributed by atoms with Crippen molar-refractivity contribution in [2.45, 2.75) is 58.4 Å². The number of carbonyl (C=O) groups is 2. The van der Waals surface area contributed by atoms with Gasteiger partial charge < -0.3 is 10.6 Å². The minimum Gasteiger partial charge on any atom is -0.353 e. The van der Waals surface area contributed by atoms with Gasteiger partial charge in [-0.15, -0.1) is 12.4 Å². The Morgan fingerprint density at radius 2 is 1.92 bits per heavy atom. The molecule has 4 nitrogen and oxygen atoms in total. The number of benzene rings is 1. The molecular weight excluding hydrogens is 336 g/mol. The van der Waals surface area contributed by atoms with Gasteiger partial charge in [0.05, 0.1) is 0 Å². The summed E-state index contributed by atoms with van der Waals surface area (Å²) in [4.78, 5) is 24.3. The summed E-state index contributed by atoms with van der Waals surface area (Å²) in [6.07, 6.45) is 4.91. The summed E-state index contributed by atoms with van der Waals surface area (Å²) < 4.78 is 0. The lowest BCUT2D eigenvalue weighted by molar-refractivity contribution is -0.122. The molecule has 0 aromatic heterocycles. The van der Waals surface area contributed by atoms with E-state index in [1.165, 1.54) is 18.4 Å². The average molecular weight is 367 g/mol. The molecule has 0 saturated carbocycles. The Balaban J connectivity index is 0.00000312. The predicted molar refractivity (Wildman–Crippen MR) is 104 cm³/mol. The van der Waals surface area contributed by atoms with Gasteiger partial charge in [0.25, 0.3) is 0 Å². The summed E-state index contributed by atoms with van der Waals surface area (Å²) in [6, 6.07) is 8.06. The molecule has 1 aromatic carbocycles. The van der Waals surface area contributed by atoms with Gasteiger partial charge in [-0.25, -0.2) is 0 Å². The molecule has 1 saturated heterocycles. The van der Waals surface area contributed by atoms with Gasteiger partial charge in [-0.1, -0.05) is 44.5 Å². The predicted octanol–water partition coefficient (Wildman–Crippen LogP) is 3.53. The summed E-state index contributed by atoms with van der Waals surface area (Å²) in [5, 5.41) is 6.40. The molecule has 1 heterocycles. The lowest BCUT2D eigenvalue weighted by Crippen LogP contribution is -2.48. The Hall–Kier alpha value is -1.39. The van der Waals surface area contributed by atoms with Crippen LogP contribution in [0, 0.1) is 5.92 Å². The van der Waals surface area contributed by atoms with Crippen LogP contribution in [0.15, 0.2) is 24.3 Å². The molecule has 5 heteroatoms. The van der Waals surface area contributed by atoms with Gasteiger partial charge in [-0.05, 0) is 43.8 Å². The Bertz CT molecular complexity index is 545. The molecule has 2 rings (SSSR count). The number of piperidine rings is 1. The highest BCUT2D eigenvalue weighted by atomic mass is 35.5. The monoisotopic (exact) mass is 366 g/mol. The number of unbranched alkanes of at least 4 members (excludes halogenated alkanes) is 1. The van der Waals surface area contributed by atoms with Crippen LogP contribution < -0.4 is 10.6 Å². The summed E-state index contributed by atoms with van der Waals surface area (Å²) >= 11 is 0. The van der Waals surface area contributed by atoms with Gasteiger partial charge in [0, 0.05) is 24.4 Å². The van der Waals surface area contributed by atoms with Crippen LogP contribution in [0.2, 0.25) is 0 Å². The largest absolute Gasteiger partial charge is 0.353 e. The second-order valence-electron chi connectivity index (χ2n) is 6.87. The van der Waals surface area contributed by atoms with Crippen LogP contribution in [0.5, 0.6) is 0 Å². The molecule has 0 spiro atoms. The summed E-state index contributed by atoms with van der Waals surface area (Å²) in [6.45, 7) is 6.20. The average Bonchev–Trinajstić information content (AvgIpc) is 2.60. The maximum absolute atomic E-state index is 12.2. The standard InChI is InChI=1S/C20H30N2O2.ClH/c1-3-4-5-16-6-8-17(9-7-16)19(23)10-11-20(24)22-18-12-13-21-14-15(18)2;/h6-9,15,18,21H,3-5,10-14H2,1-2H3,(H,22,24);1H. The molecule has 0 aliphatic carbocycles. The molecule has 1 aliphatic heterocycles. The molecule has 1 amide bonds. The molecule has 140 valence electrons. The second kappa shape index (κ2) is 11.3. The van der Waals surface area contributed by atoms with E-state index in [4.69, 9.17) is 0 Å². The minimum absolute atomic E-state index is 0. The number of carbonyl (C=O) groups excluding carboxylic acids is 2. The number of aryl methyl sites for hydroxylation is 1. The molecule has 0 bridgehead atoms. The van der Waals surface area contributed by atoms with E-state index in [2.05, 4.69) is 24.5 Å². The van der Waals surface area contributed by atoms with Gasteiger partial charge in [-0.3, -0.25) is 9.59 Å². The molecule has 1 aromatic rings. The van der Waals surface area contributed by atoms with E-state index in [-0.39, 0.29) is 43.0 Å². The number of hydrogen-bond acceptors (Lipinski definition) is 3. The fourth-order valence-corrected chi connectivity index (χ4v) is 3.12. The van der Waals surface area contributed by atoms with Crippen LogP contribution in [-0.2, 0) is 11.2 Å². The minimum atomic E-state index is -0.0123. The molecular formula is C20H31ClN2O2. The van der Waals surface area contributed by atoms with Crippen molar-refractivity contribution in [1.82, 2.24) is 10.6 Å².